The van der Waals surface area contributed by atoms with Crippen LogP contribution >= 0.6 is 0 Å². The summed E-state index contributed by atoms with van der Waals surface area (Å²) in [4.78, 5) is 8.91. The Kier molecular flexibility index (Phi) is 2.74. The third-order valence-corrected chi connectivity index (χ3v) is 2.42. The van der Waals surface area contributed by atoms with E-state index in [1.165, 1.54) is 5.56 Å². The zero-order valence-corrected chi connectivity index (χ0v) is 8.63. The van der Waals surface area contributed by atoms with Crippen molar-refractivity contribution in [3.8, 4) is 0 Å². The molecule has 1 aliphatic rings. The largest absolute Gasteiger partial charge is 0.375 e. The summed E-state index contributed by atoms with van der Waals surface area (Å²) >= 11 is 0. The number of hydrogen-bond donors (Lipinski definition) is 1. The maximum Gasteiger partial charge on any atom is 0.142 e. The average Bonchev–Trinajstić information content (AvgIpc) is 2.18. The molecule has 0 fully saturated rings. The van der Waals surface area contributed by atoms with Gasteiger partial charge in [-0.25, -0.2) is 9.97 Å². The Hall–Kier alpha value is -1.00. The van der Waals surface area contributed by atoms with E-state index in [0.717, 1.165) is 30.2 Å². The second kappa shape index (κ2) is 4.02. The van der Waals surface area contributed by atoms with Gasteiger partial charge in [-0.3, -0.25) is 0 Å². The average molecular weight is 193 g/mol. The van der Waals surface area contributed by atoms with E-state index in [4.69, 9.17) is 4.74 Å². The molecule has 0 saturated heterocycles. The van der Waals surface area contributed by atoms with E-state index in [0.29, 0.717) is 13.2 Å². The third-order valence-electron chi connectivity index (χ3n) is 2.42. The first-order valence-corrected chi connectivity index (χ1v) is 4.89. The van der Waals surface area contributed by atoms with Crippen LogP contribution in [0.2, 0.25) is 0 Å². The van der Waals surface area contributed by atoms with Gasteiger partial charge in [0.15, 0.2) is 0 Å². The van der Waals surface area contributed by atoms with Crippen molar-refractivity contribution in [3.63, 3.8) is 0 Å². The lowest BCUT2D eigenvalue weighted by Gasteiger charge is -2.17. The molecular weight excluding hydrogens is 178 g/mol. The summed E-state index contributed by atoms with van der Waals surface area (Å²) in [6.07, 6.45) is 0.945. The van der Waals surface area contributed by atoms with Crippen molar-refractivity contribution < 1.29 is 4.74 Å². The number of ether oxygens (including phenoxy) is 1. The second-order valence-electron chi connectivity index (χ2n) is 3.48. The Labute approximate surface area is 83.7 Å². The molecule has 1 N–H and O–H groups in total. The number of hydrogen-bond acceptors (Lipinski definition) is 4. The zero-order valence-electron chi connectivity index (χ0n) is 8.63. The van der Waals surface area contributed by atoms with Gasteiger partial charge >= 0.3 is 0 Å². The summed E-state index contributed by atoms with van der Waals surface area (Å²) in [5.41, 5.74) is 3.44. The molecule has 0 radical (unpaired) electrons. The zero-order chi connectivity index (χ0) is 9.97. The van der Waals surface area contributed by atoms with Gasteiger partial charge in [0, 0.05) is 5.69 Å². The standard InChI is InChI=1S/C10H15N3O/c1-7-8-3-4-14-6-9(8)13-10(12-7)5-11-2/h11H,3-6H2,1-2H3. The Morgan fingerprint density at radius 2 is 2.29 bits per heavy atom. The summed E-state index contributed by atoms with van der Waals surface area (Å²) in [5, 5.41) is 3.05. The van der Waals surface area contributed by atoms with E-state index in [1.54, 1.807) is 0 Å². The number of nitrogens with zero attached hydrogens (tertiary/aromatic N) is 2. The van der Waals surface area contributed by atoms with Crippen molar-refractivity contribution >= 4 is 0 Å². The quantitative estimate of drug-likeness (QED) is 0.746. The molecule has 0 saturated carbocycles. The molecule has 76 valence electrons. The van der Waals surface area contributed by atoms with Crippen molar-refractivity contribution in [2.75, 3.05) is 13.7 Å². The molecule has 0 aromatic carbocycles. The minimum Gasteiger partial charge on any atom is -0.375 e. The van der Waals surface area contributed by atoms with Gasteiger partial charge in [0.2, 0.25) is 0 Å². The van der Waals surface area contributed by atoms with Crippen molar-refractivity contribution in [2.45, 2.75) is 26.5 Å². The highest BCUT2D eigenvalue weighted by Crippen LogP contribution is 2.17. The van der Waals surface area contributed by atoms with E-state index in [-0.39, 0.29) is 0 Å². The molecule has 1 aliphatic heterocycles. The number of aryl methyl sites for hydroxylation is 1. The SMILES string of the molecule is CNCc1nc(C)c2c(n1)COCC2. The molecular formula is C10H15N3O. The number of rotatable bonds is 2. The summed E-state index contributed by atoms with van der Waals surface area (Å²) < 4.78 is 5.37. The fourth-order valence-corrected chi connectivity index (χ4v) is 1.74. The first-order valence-electron chi connectivity index (χ1n) is 4.89. The maximum absolute atomic E-state index is 5.37. The van der Waals surface area contributed by atoms with Crippen LogP contribution in [-0.2, 0) is 24.3 Å². The van der Waals surface area contributed by atoms with E-state index < -0.39 is 0 Å². The molecule has 0 amide bonds. The monoisotopic (exact) mass is 193 g/mol. The number of fused-ring (bicyclic) bond motifs is 1. The van der Waals surface area contributed by atoms with Gasteiger partial charge in [-0.05, 0) is 26.0 Å². The van der Waals surface area contributed by atoms with Crippen LogP contribution in [0.4, 0.5) is 0 Å². The van der Waals surface area contributed by atoms with Crippen LogP contribution in [0, 0.1) is 6.92 Å². The highest BCUT2D eigenvalue weighted by atomic mass is 16.5. The van der Waals surface area contributed by atoms with Crippen molar-refractivity contribution in [3.05, 3.63) is 22.8 Å². The molecule has 0 spiro atoms. The van der Waals surface area contributed by atoms with Crippen LogP contribution in [0.5, 0.6) is 0 Å². The Morgan fingerprint density at radius 3 is 3.07 bits per heavy atom. The highest BCUT2D eigenvalue weighted by Gasteiger charge is 2.15. The molecule has 4 nitrogen and oxygen atoms in total. The van der Waals surface area contributed by atoms with Crippen LogP contribution in [0.1, 0.15) is 22.8 Å². The van der Waals surface area contributed by atoms with Gasteiger partial charge in [-0.1, -0.05) is 0 Å². The molecule has 0 bridgehead atoms. The number of aromatic nitrogens is 2. The van der Waals surface area contributed by atoms with Gasteiger partial charge in [-0.2, -0.15) is 0 Å². The smallest absolute Gasteiger partial charge is 0.142 e. The fraction of sp³-hybridized carbons (Fsp3) is 0.600. The first-order chi connectivity index (χ1) is 6.81. The highest BCUT2D eigenvalue weighted by molar-refractivity contribution is 5.26. The lowest BCUT2D eigenvalue weighted by Crippen LogP contribution is -2.18. The molecule has 14 heavy (non-hydrogen) atoms. The molecule has 4 heteroatoms. The van der Waals surface area contributed by atoms with Crippen LogP contribution in [-0.4, -0.2) is 23.6 Å². The summed E-state index contributed by atoms with van der Waals surface area (Å²) in [6, 6.07) is 0. The second-order valence-corrected chi connectivity index (χ2v) is 3.48. The van der Waals surface area contributed by atoms with E-state index in [1.807, 2.05) is 14.0 Å². The Bertz CT molecular complexity index is 338. The molecule has 0 atom stereocenters. The first kappa shape index (κ1) is 9.55. The van der Waals surface area contributed by atoms with Gasteiger partial charge in [0.1, 0.15) is 5.82 Å². The Morgan fingerprint density at radius 1 is 1.43 bits per heavy atom. The maximum atomic E-state index is 5.37. The predicted octanol–water partition coefficient (Wildman–Crippen LogP) is 0.577. The van der Waals surface area contributed by atoms with E-state index in [2.05, 4.69) is 15.3 Å². The molecule has 0 unspecified atom stereocenters. The lowest BCUT2D eigenvalue weighted by molar-refractivity contribution is 0.106. The summed E-state index contributed by atoms with van der Waals surface area (Å²) in [7, 11) is 1.90. The number of nitrogens with one attached hydrogen (secondary N) is 1. The molecule has 2 heterocycles. The Balaban J connectivity index is 2.36. The predicted molar refractivity (Wildman–Crippen MR) is 52.9 cm³/mol. The van der Waals surface area contributed by atoms with Crippen LogP contribution in [0.15, 0.2) is 0 Å². The van der Waals surface area contributed by atoms with E-state index >= 15 is 0 Å². The van der Waals surface area contributed by atoms with Crippen molar-refractivity contribution in [1.82, 2.24) is 15.3 Å². The fourth-order valence-electron chi connectivity index (χ4n) is 1.74. The van der Waals surface area contributed by atoms with Gasteiger partial charge in [0.25, 0.3) is 0 Å². The van der Waals surface area contributed by atoms with Crippen LogP contribution < -0.4 is 5.32 Å². The normalized spacial score (nSPS) is 15.3. The molecule has 2 rings (SSSR count). The lowest BCUT2D eigenvalue weighted by atomic mass is 10.1. The molecule has 1 aromatic rings. The molecule has 1 aromatic heterocycles. The third kappa shape index (κ3) is 1.76. The molecule has 0 aliphatic carbocycles. The van der Waals surface area contributed by atoms with Crippen molar-refractivity contribution in [1.29, 1.82) is 0 Å². The summed E-state index contributed by atoms with van der Waals surface area (Å²) in [6.45, 7) is 4.19. The minimum absolute atomic E-state index is 0.634. The summed E-state index contributed by atoms with van der Waals surface area (Å²) in [5.74, 6) is 0.856. The minimum atomic E-state index is 0.634. The van der Waals surface area contributed by atoms with Crippen LogP contribution in [0.3, 0.4) is 0 Å². The topological polar surface area (TPSA) is 47.0 Å². The van der Waals surface area contributed by atoms with E-state index in [9.17, 15) is 0 Å². The van der Waals surface area contributed by atoms with Gasteiger partial charge < -0.3 is 10.1 Å². The van der Waals surface area contributed by atoms with Crippen LogP contribution in [0.25, 0.3) is 0 Å². The van der Waals surface area contributed by atoms with Gasteiger partial charge in [-0.15, -0.1) is 0 Å². The van der Waals surface area contributed by atoms with Gasteiger partial charge in [0.05, 0.1) is 25.5 Å². The van der Waals surface area contributed by atoms with Crippen molar-refractivity contribution in [2.24, 2.45) is 0 Å².